The fourth-order valence-electron chi connectivity index (χ4n) is 6.36. The first kappa shape index (κ1) is 46.3. The number of unbranched alkanes of at least 4 members (excludes halogenated alkanes) is 13. The van der Waals surface area contributed by atoms with E-state index in [1.807, 2.05) is 11.8 Å². The van der Waals surface area contributed by atoms with Crippen molar-refractivity contribution in [1.82, 2.24) is 19.5 Å². The van der Waals surface area contributed by atoms with Crippen LogP contribution in [0.5, 0.6) is 5.88 Å². The fourth-order valence-corrected chi connectivity index (χ4v) is 8.64. The van der Waals surface area contributed by atoms with Crippen molar-refractivity contribution in [2.45, 2.75) is 166 Å². The molecule has 0 aromatic carbocycles. The smallest absolute Gasteiger partial charge is 0.472 e. The van der Waals surface area contributed by atoms with Crippen LogP contribution in [-0.4, -0.2) is 96.7 Å². The Labute approximate surface area is 324 Å². The van der Waals surface area contributed by atoms with Gasteiger partial charge in [-0.1, -0.05) is 104 Å². The summed E-state index contributed by atoms with van der Waals surface area (Å²) in [6.07, 6.45) is 16.4. The van der Waals surface area contributed by atoms with Gasteiger partial charge in [0.15, 0.2) is 17.4 Å². The maximum atomic E-state index is 15.4. The molecule has 2 aromatic rings. The molecule has 0 saturated carbocycles. The minimum absolute atomic E-state index is 0.00824. The lowest BCUT2D eigenvalue weighted by atomic mass is 10.1. The quantitative estimate of drug-likeness (QED) is 0.0390. The number of thioether (sulfide) groups is 1. The molecule has 1 fully saturated rings. The van der Waals surface area contributed by atoms with Crippen LogP contribution in [0.15, 0.2) is 6.33 Å². The van der Waals surface area contributed by atoms with Crippen molar-refractivity contribution in [3.8, 4) is 5.88 Å². The lowest BCUT2D eigenvalue weighted by Gasteiger charge is -2.24. The molecular weight excluding hydrogens is 750 g/mol. The van der Waals surface area contributed by atoms with Crippen molar-refractivity contribution in [3.63, 3.8) is 0 Å². The Morgan fingerprint density at radius 3 is 2.25 bits per heavy atom. The molecule has 17 heteroatoms. The molecule has 0 amide bonds. The van der Waals surface area contributed by atoms with E-state index >= 15 is 4.39 Å². The molecular formula is C36H63ClFN4O9PS. The van der Waals surface area contributed by atoms with Gasteiger partial charge in [-0.3, -0.25) is 13.6 Å². The van der Waals surface area contributed by atoms with Gasteiger partial charge < -0.3 is 29.3 Å². The van der Waals surface area contributed by atoms with Crippen molar-refractivity contribution in [1.29, 1.82) is 0 Å². The van der Waals surface area contributed by atoms with Crippen LogP contribution in [-0.2, 0) is 23.1 Å². The molecule has 1 saturated heterocycles. The molecule has 13 nitrogen and oxygen atoms in total. The highest BCUT2D eigenvalue weighted by atomic mass is 35.5. The largest absolute Gasteiger partial charge is 0.479 e. The number of aliphatic hydroxyl groups excluding tert-OH is 1. The first-order chi connectivity index (χ1) is 25.4. The van der Waals surface area contributed by atoms with Crippen molar-refractivity contribution in [3.05, 3.63) is 11.6 Å². The molecule has 3 rings (SSSR count). The van der Waals surface area contributed by atoms with E-state index in [4.69, 9.17) is 34.9 Å². The van der Waals surface area contributed by atoms with E-state index in [0.717, 1.165) is 23.1 Å². The number of rotatable bonds is 30. The number of hydrogen-bond acceptors (Lipinski definition) is 12. The second-order valence-corrected chi connectivity index (χ2v) is 17.0. The number of hydrogen-bond donors (Lipinski definition) is 3. The number of nitrogens with zero attached hydrogens (tertiary/aromatic N) is 4. The van der Waals surface area contributed by atoms with Crippen molar-refractivity contribution < 1.29 is 47.3 Å². The Bertz CT molecular complexity index is 1370. The minimum Gasteiger partial charge on any atom is -0.479 e. The van der Waals surface area contributed by atoms with E-state index in [9.17, 15) is 19.7 Å². The van der Waals surface area contributed by atoms with Crippen LogP contribution >= 0.6 is 31.2 Å². The number of halogens is 2. The van der Waals surface area contributed by atoms with Gasteiger partial charge in [-0.05, 0) is 43.5 Å². The summed E-state index contributed by atoms with van der Waals surface area (Å²) in [4.78, 5) is 22.2. The van der Waals surface area contributed by atoms with Crippen LogP contribution in [0, 0.1) is 0 Å². The maximum absolute atomic E-state index is 15.4. The second-order valence-electron chi connectivity index (χ2n) is 13.8. The lowest BCUT2D eigenvalue weighted by Crippen LogP contribution is -2.43. The summed E-state index contributed by atoms with van der Waals surface area (Å²) >= 11 is 7.95. The zero-order valence-electron chi connectivity index (χ0n) is 32.0. The topological polar surface area (TPSA) is 168 Å². The number of aromatic nitrogens is 4. The average Bonchev–Trinajstić information content (AvgIpc) is 3.64. The molecule has 3 N–H and O–H groups in total. The Kier molecular flexibility index (Phi) is 21.4. The predicted molar refractivity (Wildman–Crippen MR) is 206 cm³/mol. The minimum atomic E-state index is -4.62. The van der Waals surface area contributed by atoms with E-state index in [2.05, 4.69) is 35.7 Å². The molecule has 1 aliphatic heterocycles. The molecule has 0 radical (unpaired) electrons. The van der Waals surface area contributed by atoms with Gasteiger partial charge in [-0.25, -0.2) is 13.9 Å². The third-order valence-electron chi connectivity index (χ3n) is 9.50. The molecule has 7 atom stereocenters. The van der Waals surface area contributed by atoms with Crippen LogP contribution in [0.25, 0.3) is 11.2 Å². The van der Waals surface area contributed by atoms with Gasteiger partial charge in [-0.15, -0.1) is 0 Å². The van der Waals surface area contributed by atoms with Gasteiger partial charge in [0.05, 0.1) is 32.8 Å². The first-order valence-electron chi connectivity index (χ1n) is 19.5. The van der Waals surface area contributed by atoms with Gasteiger partial charge in [-0.2, -0.15) is 21.7 Å². The van der Waals surface area contributed by atoms with E-state index < -0.39 is 38.7 Å². The van der Waals surface area contributed by atoms with Crippen molar-refractivity contribution >= 4 is 42.3 Å². The summed E-state index contributed by atoms with van der Waals surface area (Å²) in [5, 5.41) is 21.2. The Balaban J connectivity index is 1.39. The monoisotopic (exact) mass is 812 g/mol. The first-order valence-corrected chi connectivity index (χ1v) is 22.4. The lowest BCUT2D eigenvalue weighted by molar-refractivity contribution is -0.195. The molecule has 53 heavy (non-hydrogen) atoms. The summed E-state index contributed by atoms with van der Waals surface area (Å²) < 4.78 is 56.0. The third kappa shape index (κ3) is 15.4. The molecule has 0 bridgehead atoms. The van der Waals surface area contributed by atoms with E-state index in [1.165, 1.54) is 103 Å². The highest BCUT2D eigenvalue weighted by Gasteiger charge is 2.58. The van der Waals surface area contributed by atoms with Crippen LogP contribution in [0.2, 0.25) is 5.28 Å². The number of imidazole rings is 1. The molecule has 3 heterocycles. The van der Waals surface area contributed by atoms with Gasteiger partial charge >= 0.3 is 7.82 Å². The normalized spacial score (nSPS) is 22.7. The number of phosphoric acid groups is 1. The van der Waals surface area contributed by atoms with Crippen molar-refractivity contribution in [2.24, 2.45) is 0 Å². The van der Waals surface area contributed by atoms with E-state index in [-0.39, 0.29) is 35.0 Å². The highest BCUT2D eigenvalue weighted by molar-refractivity contribution is 7.99. The van der Waals surface area contributed by atoms with Crippen LogP contribution in [0.1, 0.15) is 136 Å². The maximum Gasteiger partial charge on any atom is 0.472 e. The van der Waals surface area contributed by atoms with E-state index in [0.29, 0.717) is 18.3 Å². The molecule has 306 valence electrons. The van der Waals surface area contributed by atoms with Crippen LogP contribution in [0.3, 0.4) is 0 Å². The average molecular weight is 813 g/mol. The Morgan fingerprint density at radius 2 is 1.60 bits per heavy atom. The zero-order chi connectivity index (χ0) is 38.7. The zero-order valence-corrected chi connectivity index (χ0v) is 34.5. The number of fused-ring (bicyclic) bond motifs is 1. The molecule has 2 aromatic heterocycles. The number of phosphoric ester groups is 1. The highest BCUT2D eigenvalue weighted by Crippen LogP contribution is 2.46. The summed E-state index contributed by atoms with van der Waals surface area (Å²) in [6.45, 7) is 6.03. The summed E-state index contributed by atoms with van der Waals surface area (Å²) in [5.74, 6) is -2.22. The van der Waals surface area contributed by atoms with Gasteiger partial charge in [0.1, 0.15) is 12.2 Å². The van der Waals surface area contributed by atoms with Crippen LogP contribution < -0.4 is 4.74 Å². The SMILES string of the molecule is CCCCCCCCCCCCSC(CCCCCCC)C(C)OCCCOP(=O)(O)OC[C@H]1O[C@@H](n2cnc3c(OC)nc(Cl)nc32)[C@](O)(F)[C@@H]1O. The Morgan fingerprint density at radius 1 is 0.981 bits per heavy atom. The van der Waals surface area contributed by atoms with Crippen molar-refractivity contribution in [2.75, 3.05) is 32.7 Å². The number of alkyl halides is 1. The summed E-state index contributed by atoms with van der Waals surface area (Å²) in [6, 6.07) is 0. The van der Waals surface area contributed by atoms with E-state index in [1.54, 1.807) is 0 Å². The number of aliphatic hydroxyl groups is 2. The summed E-state index contributed by atoms with van der Waals surface area (Å²) in [7, 11) is -3.29. The molecule has 0 spiro atoms. The van der Waals surface area contributed by atoms with Gasteiger partial charge in [0, 0.05) is 11.9 Å². The standard InChI is InChI=1S/C36H63ClFN4O9PS/c1-5-7-9-11-12-13-14-15-17-19-24-53-29(21-18-16-10-8-6-2)27(3)48-22-20-23-49-52(45,46)50-25-28-31(43)36(38,44)34(51-28)42-26-39-30-32(42)40-35(37)41-33(30)47-4/h26-29,31,34,43-44H,5-25H2,1-4H3,(H,45,46)/t27?,28-,29?,31-,34-,36+/m1/s1. The predicted octanol–water partition coefficient (Wildman–Crippen LogP) is 8.72. The number of methoxy groups -OCH3 is 1. The Hall–Kier alpha value is -1.13. The molecule has 1 aliphatic rings. The molecule has 3 unspecified atom stereocenters. The second kappa shape index (κ2) is 24.5. The summed E-state index contributed by atoms with van der Waals surface area (Å²) in [5.41, 5.74) is 0.0773. The number of ether oxygens (including phenoxy) is 3. The third-order valence-corrected chi connectivity index (χ3v) is 12.2. The van der Waals surface area contributed by atoms with Gasteiger partial charge in [0.25, 0.3) is 5.85 Å². The van der Waals surface area contributed by atoms with Crippen LogP contribution in [0.4, 0.5) is 4.39 Å². The molecule has 0 aliphatic carbocycles. The van der Waals surface area contributed by atoms with Gasteiger partial charge in [0.2, 0.25) is 11.2 Å². The fraction of sp³-hybridized carbons (Fsp3) is 0.861.